The van der Waals surface area contributed by atoms with Crippen LogP contribution in [0.3, 0.4) is 0 Å². The first kappa shape index (κ1) is 20.0. The molecule has 2 aromatic carbocycles. The Morgan fingerprint density at radius 3 is 2.60 bits per heavy atom. The van der Waals surface area contributed by atoms with E-state index in [9.17, 15) is 4.79 Å². The van der Waals surface area contributed by atoms with Crippen LogP contribution in [-0.4, -0.2) is 38.1 Å². The number of rotatable bonds is 7. The molecule has 0 saturated heterocycles. The average Bonchev–Trinajstić information content (AvgIpc) is 3.33. The zero-order valence-electron chi connectivity index (χ0n) is 17.3. The number of nitrogens with one attached hydrogen (secondary N) is 1. The second-order valence-corrected chi connectivity index (χ2v) is 7.30. The highest BCUT2D eigenvalue weighted by Crippen LogP contribution is 2.29. The van der Waals surface area contributed by atoms with Gasteiger partial charge in [0.2, 0.25) is 0 Å². The molecule has 0 aliphatic carbocycles. The first-order valence-corrected chi connectivity index (χ1v) is 10.0. The maximum absolute atomic E-state index is 12.8. The van der Waals surface area contributed by atoms with Crippen LogP contribution in [0.1, 0.15) is 33.3 Å². The Balaban J connectivity index is 1.49. The third-order valence-corrected chi connectivity index (χ3v) is 5.57. The normalized spacial score (nSPS) is 14.6. The number of carbonyl (C=O) groups excluding carboxylic acids is 1. The minimum Gasteiger partial charge on any atom is -0.493 e. The van der Waals surface area contributed by atoms with E-state index in [0.717, 1.165) is 25.3 Å². The standard InChI is InChI=1S/C24H26N2O4/c1-28-22-10-9-18(14-23(22)29-2)24(27)25-15-20(21-8-5-13-30-21)26-12-11-17-6-3-4-7-19(17)16-26/h3-10,13-14,20H,11-12,15-16H2,1-2H3,(H,25,27)/t20-/m0/s1. The summed E-state index contributed by atoms with van der Waals surface area (Å²) in [5.41, 5.74) is 3.24. The molecule has 0 bridgehead atoms. The third-order valence-electron chi connectivity index (χ3n) is 5.57. The molecule has 0 radical (unpaired) electrons. The molecule has 1 atom stereocenters. The number of ether oxygens (including phenoxy) is 2. The van der Waals surface area contributed by atoms with E-state index in [0.29, 0.717) is 23.6 Å². The first-order valence-electron chi connectivity index (χ1n) is 10.0. The van der Waals surface area contributed by atoms with Crippen molar-refractivity contribution in [2.45, 2.75) is 19.0 Å². The molecule has 6 nitrogen and oxygen atoms in total. The highest BCUT2D eigenvalue weighted by Gasteiger charge is 2.27. The molecule has 0 fully saturated rings. The van der Waals surface area contributed by atoms with Crippen LogP contribution in [0, 0.1) is 0 Å². The summed E-state index contributed by atoms with van der Waals surface area (Å²) >= 11 is 0. The zero-order valence-corrected chi connectivity index (χ0v) is 17.3. The largest absolute Gasteiger partial charge is 0.493 e. The van der Waals surface area contributed by atoms with Gasteiger partial charge in [0.05, 0.1) is 26.5 Å². The van der Waals surface area contributed by atoms with Crippen molar-refractivity contribution in [1.82, 2.24) is 10.2 Å². The molecule has 1 amide bonds. The van der Waals surface area contributed by atoms with Crippen LogP contribution in [0.25, 0.3) is 0 Å². The Hall–Kier alpha value is -3.25. The number of nitrogens with zero attached hydrogens (tertiary/aromatic N) is 1. The quantitative estimate of drug-likeness (QED) is 0.646. The Bertz CT molecular complexity index is 1000. The highest BCUT2D eigenvalue weighted by molar-refractivity contribution is 5.94. The first-order chi connectivity index (χ1) is 14.7. The van der Waals surface area contributed by atoms with Crippen LogP contribution in [0.5, 0.6) is 11.5 Å². The molecule has 156 valence electrons. The van der Waals surface area contributed by atoms with Gasteiger partial charge in [0.15, 0.2) is 11.5 Å². The van der Waals surface area contributed by atoms with Crippen molar-refractivity contribution in [2.75, 3.05) is 27.3 Å². The second kappa shape index (κ2) is 9.05. The van der Waals surface area contributed by atoms with Gasteiger partial charge in [-0.05, 0) is 47.9 Å². The summed E-state index contributed by atoms with van der Waals surface area (Å²) < 4.78 is 16.3. The molecule has 0 saturated carbocycles. The lowest BCUT2D eigenvalue weighted by atomic mass is 9.98. The van der Waals surface area contributed by atoms with Gasteiger partial charge in [0.25, 0.3) is 5.91 Å². The lowest BCUT2D eigenvalue weighted by Crippen LogP contribution is -2.40. The summed E-state index contributed by atoms with van der Waals surface area (Å²) in [5.74, 6) is 1.81. The molecule has 30 heavy (non-hydrogen) atoms. The fourth-order valence-corrected chi connectivity index (χ4v) is 3.94. The molecule has 1 aliphatic heterocycles. The van der Waals surface area contributed by atoms with Crippen molar-refractivity contribution in [1.29, 1.82) is 0 Å². The number of amides is 1. The summed E-state index contributed by atoms with van der Waals surface area (Å²) in [4.78, 5) is 15.2. The van der Waals surface area contributed by atoms with Gasteiger partial charge >= 0.3 is 0 Å². The van der Waals surface area contributed by atoms with Gasteiger partial charge in [0, 0.05) is 25.2 Å². The fourth-order valence-electron chi connectivity index (χ4n) is 3.94. The van der Waals surface area contributed by atoms with Gasteiger partial charge in [-0.15, -0.1) is 0 Å². The molecular formula is C24H26N2O4. The van der Waals surface area contributed by atoms with Gasteiger partial charge in [-0.3, -0.25) is 9.69 Å². The summed E-state index contributed by atoms with van der Waals surface area (Å²) in [7, 11) is 3.13. The SMILES string of the molecule is COc1ccc(C(=O)NC[C@@H](c2ccco2)N2CCc3ccccc3C2)cc1OC. The molecule has 1 N–H and O–H groups in total. The van der Waals surface area contributed by atoms with Gasteiger partial charge in [-0.25, -0.2) is 0 Å². The smallest absolute Gasteiger partial charge is 0.251 e. The van der Waals surface area contributed by atoms with Crippen molar-refractivity contribution < 1.29 is 18.7 Å². The lowest BCUT2D eigenvalue weighted by molar-refractivity contribution is 0.0918. The van der Waals surface area contributed by atoms with Crippen LogP contribution in [0.15, 0.2) is 65.3 Å². The van der Waals surface area contributed by atoms with Crippen molar-refractivity contribution in [3.8, 4) is 11.5 Å². The lowest BCUT2D eigenvalue weighted by Gasteiger charge is -2.34. The molecular weight excluding hydrogens is 380 g/mol. The minimum absolute atomic E-state index is 0.0440. The van der Waals surface area contributed by atoms with E-state index in [-0.39, 0.29) is 11.9 Å². The van der Waals surface area contributed by atoms with Crippen LogP contribution >= 0.6 is 0 Å². The van der Waals surface area contributed by atoms with Crippen molar-refractivity contribution in [2.24, 2.45) is 0 Å². The third kappa shape index (κ3) is 4.19. The van der Waals surface area contributed by atoms with E-state index in [1.807, 2.05) is 12.1 Å². The number of carbonyl (C=O) groups is 1. The Kier molecular flexibility index (Phi) is 6.05. The van der Waals surface area contributed by atoms with Crippen LogP contribution < -0.4 is 14.8 Å². The van der Waals surface area contributed by atoms with Gasteiger partial charge in [-0.2, -0.15) is 0 Å². The molecule has 1 aromatic heterocycles. The second-order valence-electron chi connectivity index (χ2n) is 7.30. The topological polar surface area (TPSA) is 63.9 Å². The number of benzene rings is 2. The Morgan fingerprint density at radius 2 is 1.87 bits per heavy atom. The van der Waals surface area contributed by atoms with Crippen molar-refractivity contribution >= 4 is 5.91 Å². The summed E-state index contributed by atoms with van der Waals surface area (Å²) in [6, 6.07) is 17.5. The van der Waals surface area contributed by atoms with E-state index in [1.54, 1.807) is 38.7 Å². The molecule has 0 unspecified atom stereocenters. The van der Waals surface area contributed by atoms with Crippen LogP contribution in [-0.2, 0) is 13.0 Å². The van der Waals surface area contributed by atoms with Crippen LogP contribution in [0.2, 0.25) is 0 Å². The van der Waals surface area contributed by atoms with E-state index in [1.165, 1.54) is 11.1 Å². The van der Waals surface area contributed by atoms with Gasteiger partial charge in [-0.1, -0.05) is 24.3 Å². The maximum Gasteiger partial charge on any atom is 0.251 e. The number of hydrogen-bond acceptors (Lipinski definition) is 5. The van der Waals surface area contributed by atoms with E-state index < -0.39 is 0 Å². The van der Waals surface area contributed by atoms with E-state index >= 15 is 0 Å². The Labute approximate surface area is 176 Å². The average molecular weight is 406 g/mol. The number of hydrogen-bond donors (Lipinski definition) is 1. The number of furan rings is 1. The maximum atomic E-state index is 12.8. The van der Waals surface area contributed by atoms with Crippen molar-refractivity contribution in [3.63, 3.8) is 0 Å². The molecule has 6 heteroatoms. The molecule has 4 rings (SSSR count). The predicted molar refractivity (Wildman–Crippen MR) is 114 cm³/mol. The molecule has 0 spiro atoms. The van der Waals surface area contributed by atoms with Crippen molar-refractivity contribution in [3.05, 3.63) is 83.3 Å². The number of methoxy groups -OCH3 is 2. The van der Waals surface area contributed by atoms with Gasteiger partial charge < -0.3 is 19.2 Å². The summed E-state index contributed by atoms with van der Waals surface area (Å²) in [6.45, 7) is 2.19. The predicted octanol–water partition coefficient (Wildman–Crippen LogP) is 3.83. The molecule has 3 aromatic rings. The van der Waals surface area contributed by atoms with Crippen LogP contribution in [0.4, 0.5) is 0 Å². The molecule has 2 heterocycles. The monoisotopic (exact) mass is 406 g/mol. The van der Waals surface area contributed by atoms with Gasteiger partial charge in [0.1, 0.15) is 5.76 Å². The zero-order chi connectivity index (χ0) is 20.9. The fraction of sp³-hybridized carbons (Fsp3) is 0.292. The van der Waals surface area contributed by atoms with E-state index in [2.05, 4.69) is 34.5 Å². The Morgan fingerprint density at radius 1 is 1.07 bits per heavy atom. The summed E-state index contributed by atoms with van der Waals surface area (Å²) in [5, 5.41) is 3.06. The van der Waals surface area contributed by atoms with E-state index in [4.69, 9.17) is 13.9 Å². The number of fused-ring (bicyclic) bond motifs is 1. The summed E-state index contributed by atoms with van der Waals surface area (Å²) in [6.07, 6.45) is 2.66. The minimum atomic E-state index is -0.162. The molecule has 1 aliphatic rings. The highest BCUT2D eigenvalue weighted by atomic mass is 16.5.